The molecule has 26 heavy (non-hydrogen) atoms. The van der Waals surface area contributed by atoms with Crippen LogP contribution in [0.15, 0.2) is 42.5 Å². The number of nitrogens with zero attached hydrogens (tertiary/aromatic N) is 1. The van der Waals surface area contributed by atoms with Crippen LogP contribution in [0.5, 0.6) is 0 Å². The summed E-state index contributed by atoms with van der Waals surface area (Å²) in [5.41, 5.74) is 1.89. The van der Waals surface area contributed by atoms with Crippen molar-refractivity contribution in [1.82, 2.24) is 0 Å². The lowest BCUT2D eigenvalue weighted by molar-refractivity contribution is -0.137. The average molecular weight is 364 g/mol. The van der Waals surface area contributed by atoms with E-state index in [9.17, 15) is 18.0 Å². The fourth-order valence-corrected chi connectivity index (χ4v) is 2.77. The first-order valence-corrected chi connectivity index (χ1v) is 8.26. The van der Waals surface area contributed by atoms with Gasteiger partial charge in [-0.25, -0.2) is 0 Å². The first-order valence-electron chi connectivity index (χ1n) is 8.26. The number of rotatable bonds is 3. The molecular weight excluding hydrogens is 345 g/mol. The molecule has 1 N–H and O–H groups in total. The SMILES string of the molecule is Cc1ccc(N2CCOCC2)cc1NC(=O)c1ccc(C(F)(F)F)cc1. The number of hydrogen-bond acceptors (Lipinski definition) is 3. The lowest BCUT2D eigenvalue weighted by Gasteiger charge is -2.29. The van der Waals surface area contributed by atoms with Gasteiger partial charge in [0.15, 0.2) is 0 Å². The summed E-state index contributed by atoms with van der Waals surface area (Å²) in [5, 5.41) is 2.79. The van der Waals surface area contributed by atoms with Gasteiger partial charge in [-0.2, -0.15) is 13.2 Å². The Labute approximate surface area is 149 Å². The summed E-state index contributed by atoms with van der Waals surface area (Å²) in [6, 6.07) is 9.95. The maximum absolute atomic E-state index is 12.6. The zero-order chi connectivity index (χ0) is 18.7. The molecule has 1 heterocycles. The Balaban J connectivity index is 1.76. The Morgan fingerprint density at radius 1 is 1.08 bits per heavy atom. The second-order valence-electron chi connectivity index (χ2n) is 6.13. The highest BCUT2D eigenvalue weighted by Crippen LogP contribution is 2.29. The number of halogens is 3. The van der Waals surface area contributed by atoms with E-state index in [4.69, 9.17) is 4.74 Å². The van der Waals surface area contributed by atoms with Crippen LogP contribution in [0.4, 0.5) is 24.5 Å². The van der Waals surface area contributed by atoms with Gasteiger partial charge in [-0.15, -0.1) is 0 Å². The number of carbonyl (C=O) groups is 1. The van der Waals surface area contributed by atoms with Crippen molar-refractivity contribution < 1.29 is 22.7 Å². The van der Waals surface area contributed by atoms with Crippen LogP contribution < -0.4 is 10.2 Å². The second kappa shape index (κ2) is 7.37. The Morgan fingerprint density at radius 2 is 1.73 bits per heavy atom. The maximum atomic E-state index is 12.6. The fourth-order valence-electron chi connectivity index (χ4n) is 2.77. The van der Waals surface area contributed by atoms with Gasteiger partial charge in [0.05, 0.1) is 18.8 Å². The van der Waals surface area contributed by atoms with Gasteiger partial charge in [-0.1, -0.05) is 6.07 Å². The third-order valence-corrected chi connectivity index (χ3v) is 4.32. The molecule has 1 aliphatic heterocycles. The molecule has 138 valence electrons. The predicted octanol–water partition coefficient (Wildman–Crippen LogP) is 4.10. The fraction of sp³-hybridized carbons (Fsp3) is 0.316. The van der Waals surface area contributed by atoms with Crippen molar-refractivity contribution >= 4 is 17.3 Å². The lowest BCUT2D eigenvalue weighted by atomic mass is 10.1. The van der Waals surface area contributed by atoms with E-state index in [0.29, 0.717) is 18.9 Å². The molecular formula is C19H19F3N2O2. The molecule has 0 spiro atoms. The van der Waals surface area contributed by atoms with Gasteiger partial charge in [-0.05, 0) is 48.9 Å². The summed E-state index contributed by atoms with van der Waals surface area (Å²) in [5.74, 6) is -0.444. The van der Waals surface area contributed by atoms with Gasteiger partial charge in [0.1, 0.15) is 0 Å². The van der Waals surface area contributed by atoms with Gasteiger partial charge in [0.2, 0.25) is 0 Å². The largest absolute Gasteiger partial charge is 0.416 e. The molecule has 1 amide bonds. The quantitative estimate of drug-likeness (QED) is 0.892. The maximum Gasteiger partial charge on any atom is 0.416 e. The molecule has 0 aliphatic carbocycles. The molecule has 4 nitrogen and oxygen atoms in total. The average Bonchev–Trinajstić information content (AvgIpc) is 2.63. The number of benzene rings is 2. The summed E-state index contributed by atoms with van der Waals surface area (Å²) in [7, 11) is 0. The third-order valence-electron chi connectivity index (χ3n) is 4.32. The van der Waals surface area contributed by atoms with Crippen LogP contribution in [0.2, 0.25) is 0 Å². The molecule has 3 rings (SSSR count). The number of morpholine rings is 1. The summed E-state index contributed by atoms with van der Waals surface area (Å²) in [6.45, 7) is 4.72. The summed E-state index contributed by atoms with van der Waals surface area (Å²) < 4.78 is 43.2. The summed E-state index contributed by atoms with van der Waals surface area (Å²) in [4.78, 5) is 14.6. The molecule has 2 aromatic rings. The lowest BCUT2D eigenvalue weighted by Crippen LogP contribution is -2.36. The number of amides is 1. The van der Waals surface area contributed by atoms with Crippen LogP contribution in [0, 0.1) is 6.92 Å². The minimum atomic E-state index is -4.42. The standard InChI is InChI=1S/C19H19F3N2O2/c1-13-2-7-16(24-8-10-26-11-9-24)12-17(13)23-18(25)14-3-5-15(6-4-14)19(20,21)22/h2-7,12H,8-11H2,1H3,(H,23,25). The van der Waals surface area contributed by atoms with Crippen molar-refractivity contribution in [3.8, 4) is 0 Å². The number of alkyl halides is 3. The Morgan fingerprint density at radius 3 is 2.35 bits per heavy atom. The van der Waals surface area contributed by atoms with Crippen LogP contribution in [-0.4, -0.2) is 32.2 Å². The van der Waals surface area contributed by atoms with Gasteiger partial charge in [0.25, 0.3) is 5.91 Å². The van der Waals surface area contributed by atoms with Crippen LogP contribution >= 0.6 is 0 Å². The second-order valence-corrected chi connectivity index (χ2v) is 6.13. The van der Waals surface area contributed by atoms with E-state index in [1.54, 1.807) is 0 Å². The van der Waals surface area contributed by atoms with Crippen LogP contribution in [0.1, 0.15) is 21.5 Å². The highest BCUT2D eigenvalue weighted by atomic mass is 19.4. The van der Waals surface area contributed by atoms with E-state index in [1.807, 2.05) is 25.1 Å². The number of nitrogens with one attached hydrogen (secondary N) is 1. The molecule has 0 atom stereocenters. The highest BCUT2D eigenvalue weighted by Gasteiger charge is 2.30. The van der Waals surface area contributed by atoms with Crippen molar-refractivity contribution in [2.24, 2.45) is 0 Å². The molecule has 0 unspecified atom stereocenters. The highest BCUT2D eigenvalue weighted by molar-refractivity contribution is 6.04. The number of carbonyl (C=O) groups excluding carboxylic acids is 1. The smallest absolute Gasteiger partial charge is 0.378 e. The molecule has 1 fully saturated rings. The first-order chi connectivity index (χ1) is 12.3. The van der Waals surface area contributed by atoms with E-state index >= 15 is 0 Å². The van der Waals surface area contributed by atoms with Gasteiger partial charge < -0.3 is 15.0 Å². The van der Waals surface area contributed by atoms with E-state index in [-0.39, 0.29) is 5.56 Å². The summed E-state index contributed by atoms with van der Waals surface area (Å²) in [6.07, 6.45) is -4.42. The van der Waals surface area contributed by atoms with Crippen molar-refractivity contribution in [3.05, 3.63) is 59.2 Å². The van der Waals surface area contributed by atoms with E-state index in [2.05, 4.69) is 10.2 Å². The van der Waals surface area contributed by atoms with Crippen LogP contribution in [0.25, 0.3) is 0 Å². The molecule has 1 saturated heterocycles. The summed E-state index contributed by atoms with van der Waals surface area (Å²) >= 11 is 0. The van der Waals surface area contributed by atoms with Gasteiger partial charge in [-0.3, -0.25) is 4.79 Å². The molecule has 0 saturated carbocycles. The number of ether oxygens (including phenoxy) is 1. The van der Waals surface area contributed by atoms with E-state index in [1.165, 1.54) is 12.1 Å². The normalized spacial score (nSPS) is 15.0. The van der Waals surface area contributed by atoms with Crippen molar-refractivity contribution in [2.45, 2.75) is 13.1 Å². The molecule has 0 radical (unpaired) electrons. The minimum absolute atomic E-state index is 0.175. The van der Waals surface area contributed by atoms with Crippen molar-refractivity contribution in [1.29, 1.82) is 0 Å². The molecule has 0 bridgehead atoms. The number of hydrogen-bond donors (Lipinski definition) is 1. The van der Waals surface area contributed by atoms with E-state index in [0.717, 1.165) is 36.5 Å². The van der Waals surface area contributed by atoms with Crippen molar-refractivity contribution in [3.63, 3.8) is 0 Å². The van der Waals surface area contributed by atoms with E-state index < -0.39 is 17.6 Å². The van der Waals surface area contributed by atoms with Crippen LogP contribution in [-0.2, 0) is 10.9 Å². The Kier molecular flexibility index (Phi) is 5.18. The number of aryl methyl sites for hydroxylation is 1. The molecule has 1 aliphatic rings. The van der Waals surface area contributed by atoms with Gasteiger partial charge >= 0.3 is 6.18 Å². The van der Waals surface area contributed by atoms with Crippen molar-refractivity contribution in [2.75, 3.05) is 36.5 Å². The topological polar surface area (TPSA) is 41.6 Å². The van der Waals surface area contributed by atoms with Gasteiger partial charge in [0, 0.05) is 30.0 Å². The zero-order valence-corrected chi connectivity index (χ0v) is 14.3. The third kappa shape index (κ3) is 4.16. The molecule has 7 heteroatoms. The zero-order valence-electron chi connectivity index (χ0n) is 14.3. The Hall–Kier alpha value is -2.54. The monoisotopic (exact) mass is 364 g/mol. The Bertz CT molecular complexity index is 782. The molecule has 0 aromatic heterocycles. The predicted molar refractivity (Wildman–Crippen MR) is 93.6 cm³/mol. The minimum Gasteiger partial charge on any atom is -0.378 e. The molecule has 2 aromatic carbocycles. The van der Waals surface area contributed by atoms with Crippen LogP contribution in [0.3, 0.4) is 0 Å². The first kappa shape index (κ1) is 18.3. The number of anilines is 2.